The average molecular weight is 327 g/mol. The molecule has 0 saturated heterocycles. The maximum atomic E-state index is 12.9. The molecule has 0 aliphatic heterocycles. The summed E-state index contributed by atoms with van der Waals surface area (Å²) in [5.74, 6) is 1.41. The van der Waals surface area contributed by atoms with Crippen molar-refractivity contribution in [3.05, 3.63) is 41.9 Å². The summed E-state index contributed by atoms with van der Waals surface area (Å²) < 4.78 is 12.9. The fourth-order valence-corrected chi connectivity index (χ4v) is 4.12. The van der Waals surface area contributed by atoms with E-state index in [9.17, 15) is 14.4 Å². The Morgan fingerprint density at radius 3 is 2.67 bits per heavy atom. The zero-order chi connectivity index (χ0) is 17.1. The first-order valence-electron chi connectivity index (χ1n) is 8.50. The van der Waals surface area contributed by atoms with Crippen LogP contribution in [0.4, 0.5) is 10.1 Å². The number of nitriles is 1. The topological polar surface area (TPSA) is 64.9 Å². The van der Waals surface area contributed by atoms with Gasteiger partial charge in [-0.05, 0) is 68.2 Å². The van der Waals surface area contributed by atoms with Crippen molar-refractivity contribution in [2.24, 2.45) is 17.8 Å². The molecule has 126 valence electrons. The Labute approximate surface area is 141 Å². The SMILES string of the molecule is CC(N/C=C(/C#N)C(=O)Nc1ccc(F)cc1)C1CC2CCC1C2. The molecule has 4 unspecified atom stereocenters. The van der Waals surface area contributed by atoms with E-state index >= 15 is 0 Å². The van der Waals surface area contributed by atoms with E-state index in [1.165, 1.54) is 56.1 Å². The van der Waals surface area contributed by atoms with Gasteiger partial charge in [0.15, 0.2) is 0 Å². The monoisotopic (exact) mass is 327 g/mol. The molecular formula is C19H22FN3O. The van der Waals surface area contributed by atoms with Crippen LogP contribution in [0.2, 0.25) is 0 Å². The summed E-state index contributed by atoms with van der Waals surface area (Å²) >= 11 is 0. The van der Waals surface area contributed by atoms with Crippen LogP contribution in [0.5, 0.6) is 0 Å². The molecule has 1 amide bonds. The smallest absolute Gasteiger partial charge is 0.267 e. The van der Waals surface area contributed by atoms with Crippen LogP contribution < -0.4 is 10.6 Å². The molecule has 2 fully saturated rings. The van der Waals surface area contributed by atoms with Gasteiger partial charge in [0.1, 0.15) is 17.5 Å². The number of halogens is 1. The van der Waals surface area contributed by atoms with Gasteiger partial charge in [-0.2, -0.15) is 5.26 Å². The number of fused-ring (bicyclic) bond motifs is 2. The van der Waals surface area contributed by atoms with Crippen molar-refractivity contribution >= 4 is 11.6 Å². The van der Waals surface area contributed by atoms with Crippen LogP contribution in [-0.4, -0.2) is 11.9 Å². The molecule has 2 aliphatic carbocycles. The number of carbonyl (C=O) groups excluding carboxylic acids is 1. The van der Waals surface area contributed by atoms with Gasteiger partial charge in [0.05, 0.1) is 0 Å². The van der Waals surface area contributed by atoms with Gasteiger partial charge in [0.25, 0.3) is 5.91 Å². The Morgan fingerprint density at radius 2 is 2.08 bits per heavy atom. The van der Waals surface area contributed by atoms with E-state index in [0.717, 1.165) is 11.8 Å². The summed E-state index contributed by atoms with van der Waals surface area (Å²) in [4.78, 5) is 12.2. The molecule has 0 aromatic heterocycles. The second kappa shape index (κ2) is 7.04. The van der Waals surface area contributed by atoms with Crippen LogP contribution in [0, 0.1) is 34.9 Å². The maximum Gasteiger partial charge on any atom is 0.267 e. The van der Waals surface area contributed by atoms with Crippen molar-refractivity contribution in [2.75, 3.05) is 5.32 Å². The van der Waals surface area contributed by atoms with E-state index < -0.39 is 5.91 Å². The molecule has 2 N–H and O–H groups in total. The van der Waals surface area contributed by atoms with E-state index in [0.29, 0.717) is 11.6 Å². The van der Waals surface area contributed by atoms with Gasteiger partial charge < -0.3 is 10.6 Å². The summed E-state index contributed by atoms with van der Waals surface area (Å²) in [6.45, 7) is 2.12. The number of hydrogen-bond acceptors (Lipinski definition) is 3. The zero-order valence-electron chi connectivity index (χ0n) is 13.8. The highest BCUT2D eigenvalue weighted by Gasteiger charge is 2.41. The normalized spacial score (nSPS) is 26.7. The minimum absolute atomic E-state index is 0.0225. The van der Waals surface area contributed by atoms with Gasteiger partial charge in [-0.25, -0.2) is 4.39 Å². The van der Waals surface area contributed by atoms with Crippen LogP contribution in [0.3, 0.4) is 0 Å². The Balaban J connectivity index is 1.58. The van der Waals surface area contributed by atoms with Crippen molar-refractivity contribution < 1.29 is 9.18 Å². The first-order valence-corrected chi connectivity index (χ1v) is 8.50. The molecule has 0 spiro atoms. The van der Waals surface area contributed by atoms with Gasteiger partial charge in [0.2, 0.25) is 0 Å². The summed E-state index contributed by atoms with van der Waals surface area (Å²) in [5.41, 5.74) is 0.484. The van der Waals surface area contributed by atoms with Crippen LogP contribution in [-0.2, 0) is 4.79 Å². The fourth-order valence-electron chi connectivity index (χ4n) is 4.12. The first-order chi connectivity index (χ1) is 11.6. The van der Waals surface area contributed by atoms with Crippen LogP contribution in [0.15, 0.2) is 36.0 Å². The Bertz CT molecular complexity index is 677. The number of rotatable bonds is 5. The van der Waals surface area contributed by atoms with Gasteiger partial charge in [-0.1, -0.05) is 6.42 Å². The lowest BCUT2D eigenvalue weighted by Crippen LogP contribution is -2.33. The van der Waals surface area contributed by atoms with Gasteiger partial charge >= 0.3 is 0 Å². The predicted molar refractivity (Wildman–Crippen MR) is 90.3 cm³/mol. The van der Waals surface area contributed by atoms with Crippen molar-refractivity contribution in [1.29, 1.82) is 5.26 Å². The van der Waals surface area contributed by atoms with Crippen molar-refractivity contribution in [3.8, 4) is 6.07 Å². The van der Waals surface area contributed by atoms with E-state index in [2.05, 4.69) is 17.6 Å². The molecule has 2 bridgehead atoms. The number of carbonyl (C=O) groups is 1. The minimum Gasteiger partial charge on any atom is -0.387 e. The van der Waals surface area contributed by atoms with Crippen LogP contribution >= 0.6 is 0 Å². The quantitative estimate of drug-likeness (QED) is 0.642. The standard InChI is InChI=1S/C19H22FN3O/c1-12(18-9-13-2-3-14(18)8-13)22-11-15(10-21)19(24)23-17-6-4-16(20)5-7-17/h4-7,11-14,18,22H,2-3,8-9H2,1H3,(H,23,24)/b15-11-. The second-order valence-corrected chi connectivity index (χ2v) is 6.92. The number of hydrogen-bond donors (Lipinski definition) is 2. The second-order valence-electron chi connectivity index (χ2n) is 6.92. The lowest BCUT2D eigenvalue weighted by molar-refractivity contribution is -0.112. The minimum atomic E-state index is -0.489. The predicted octanol–water partition coefficient (Wildman–Crippen LogP) is 3.59. The van der Waals surface area contributed by atoms with Crippen LogP contribution in [0.1, 0.15) is 32.6 Å². The van der Waals surface area contributed by atoms with E-state index in [1.54, 1.807) is 0 Å². The van der Waals surface area contributed by atoms with E-state index in [1.807, 2.05) is 6.07 Å². The molecule has 5 heteroatoms. The number of anilines is 1. The summed E-state index contributed by atoms with van der Waals surface area (Å²) in [7, 11) is 0. The number of benzene rings is 1. The largest absolute Gasteiger partial charge is 0.387 e. The lowest BCUT2D eigenvalue weighted by atomic mass is 9.84. The van der Waals surface area contributed by atoms with Crippen molar-refractivity contribution in [2.45, 2.75) is 38.6 Å². The third-order valence-electron chi connectivity index (χ3n) is 5.39. The third-order valence-corrected chi connectivity index (χ3v) is 5.39. The average Bonchev–Trinajstić information content (AvgIpc) is 3.20. The maximum absolute atomic E-state index is 12.9. The molecular weight excluding hydrogens is 305 g/mol. The first kappa shape index (κ1) is 16.5. The molecule has 1 aromatic rings. The number of nitrogens with one attached hydrogen (secondary N) is 2. The van der Waals surface area contributed by atoms with Gasteiger partial charge in [-0.3, -0.25) is 4.79 Å². The lowest BCUT2D eigenvalue weighted by Gasteiger charge is -2.28. The molecule has 2 saturated carbocycles. The van der Waals surface area contributed by atoms with E-state index in [-0.39, 0.29) is 17.4 Å². The van der Waals surface area contributed by atoms with E-state index in [4.69, 9.17) is 0 Å². The molecule has 3 rings (SSSR count). The summed E-state index contributed by atoms with van der Waals surface area (Å²) in [6, 6.07) is 7.64. The number of nitrogens with zero attached hydrogens (tertiary/aromatic N) is 1. The van der Waals surface area contributed by atoms with Crippen molar-refractivity contribution in [3.63, 3.8) is 0 Å². The van der Waals surface area contributed by atoms with Gasteiger partial charge in [0, 0.05) is 17.9 Å². The molecule has 1 aromatic carbocycles. The molecule has 4 nitrogen and oxygen atoms in total. The molecule has 24 heavy (non-hydrogen) atoms. The highest BCUT2D eigenvalue weighted by molar-refractivity contribution is 6.06. The zero-order valence-corrected chi connectivity index (χ0v) is 13.8. The highest BCUT2D eigenvalue weighted by Crippen LogP contribution is 2.49. The third kappa shape index (κ3) is 3.59. The summed E-state index contributed by atoms with van der Waals surface area (Å²) in [5, 5.41) is 15.1. The van der Waals surface area contributed by atoms with Gasteiger partial charge in [-0.15, -0.1) is 0 Å². The molecule has 0 heterocycles. The summed E-state index contributed by atoms with van der Waals surface area (Å²) in [6.07, 6.45) is 6.75. The molecule has 0 radical (unpaired) electrons. The fraction of sp³-hybridized carbons (Fsp3) is 0.474. The van der Waals surface area contributed by atoms with Crippen LogP contribution in [0.25, 0.3) is 0 Å². The number of amides is 1. The Hall–Kier alpha value is -2.35. The molecule has 2 aliphatic rings. The molecule has 4 atom stereocenters. The highest BCUT2D eigenvalue weighted by atomic mass is 19.1. The Morgan fingerprint density at radius 1 is 1.33 bits per heavy atom. The Kier molecular flexibility index (Phi) is 4.84. The van der Waals surface area contributed by atoms with Crippen molar-refractivity contribution in [1.82, 2.24) is 5.32 Å².